The molecule has 0 saturated carbocycles. The minimum absolute atomic E-state index is 0.00669. The molecule has 0 aromatic heterocycles. The molecule has 5 saturated heterocycles. The maximum atomic E-state index is 13.9. The molecule has 23 heteroatoms. The van der Waals surface area contributed by atoms with Gasteiger partial charge in [-0.3, -0.25) is 43.2 Å². The number of likely N-dealkylation sites (tertiary alicyclic amines) is 4. The lowest BCUT2D eigenvalue weighted by Crippen LogP contribution is -2.56. The molecule has 5 aliphatic rings. The van der Waals surface area contributed by atoms with E-state index < -0.39 is 122 Å². The molecule has 23 nitrogen and oxygen atoms in total. The molecule has 5 aliphatic heterocycles. The van der Waals surface area contributed by atoms with Crippen molar-refractivity contribution in [2.75, 3.05) is 58.9 Å². The minimum atomic E-state index is -1.30. The number of carbonyl (C=O) groups excluding carboxylic acids is 8. The summed E-state index contributed by atoms with van der Waals surface area (Å²) in [7, 11) is 0. The van der Waals surface area contributed by atoms with E-state index in [1.165, 1.54) is 9.80 Å². The molecule has 0 radical (unpaired) electrons. The summed E-state index contributed by atoms with van der Waals surface area (Å²) < 4.78 is 0. The monoisotopic (exact) mass is 850 g/mol. The van der Waals surface area contributed by atoms with Gasteiger partial charge in [-0.1, -0.05) is 0 Å². The molecular weight excluding hydrogens is 792 g/mol. The summed E-state index contributed by atoms with van der Waals surface area (Å²) in [5, 5.41) is 52.8. The quantitative estimate of drug-likeness (QED) is 0.0609. The van der Waals surface area contributed by atoms with Crippen molar-refractivity contribution in [1.29, 1.82) is 0 Å². The number of hydrogen-bond acceptors (Lipinski definition) is 14. The third-order valence-electron chi connectivity index (χ3n) is 11.6. The predicted octanol–water partition coefficient (Wildman–Crippen LogP) is -6.34. The number of β-amino-alcohol motifs (C(OH)–C–C–N with tert-alkyl or cyclic N) is 3. The van der Waals surface area contributed by atoms with Gasteiger partial charge in [0.15, 0.2) is 0 Å². The molecular formula is C37H58N10O13. The molecule has 0 aliphatic carbocycles. The number of hydrogen-bond donors (Lipinski definition) is 10. The van der Waals surface area contributed by atoms with E-state index in [0.717, 1.165) is 16.2 Å². The number of unbranched alkanes of at least 4 members (excludes halogenated alkanes) is 1. The van der Waals surface area contributed by atoms with Crippen LogP contribution in [0.4, 0.5) is 0 Å². The highest BCUT2D eigenvalue weighted by Gasteiger charge is 2.46. The molecule has 334 valence electrons. The Morgan fingerprint density at radius 3 is 1.77 bits per heavy atom. The molecule has 0 aromatic rings. The number of nitrogens with two attached hydrogens (primary N) is 1. The molecule has 5 heterocycles. The zero-order chi connectivity index (χ0) is 43.7. The highest BCUT2D eigenvalue weighted by molar-refractivity contribution is 5.97. The van der Waals surface area contributed by atoms with Gasteiger partial charge in [0.1, 0.15) is 36.8 Å². The summed E-state index contributed by atoms with van der Waals surface area (Å²) in [6, 6.07) is -6.00. The average Bonchev–Trinajstić information content (AvgIpc) is 4.07. The molecule has 60 heavy (non-hydrogen) atoms. The fraction of sp³-hybridized carbons (Fsp3) is 0.757. The van der Waals surface area contributed by atoms with E-state index in [9.17, 15) is 58.5 Å². The molecule has 9 atom stereocenters. The Balaban J connectivity index is 1.15. The second-order valence-corrected chi connectivity index (χ2v) is 16.0. The van der Waals surface area contributed by atoms with Crippen molar-refractivity contribution >= 4 is 53.2 Å². The average molecular weight is 851 g/mol. The van der Waals surface area contributed by atoms with Crippen LogP contribution < -0.4 is 32.3 Å². The fourth-order valence-corrected chi connectivity index (χ4v) is 8.67. The Kier molecular flexibility index (Phi) is 16.1. The summed E-state index contributed by atoms with van der Waals surface area (Å²) in [4.78, 5) is 122. The van der Waals surface area contributed by atoms with Gasteiger partial charge >= 0.3 is 5.97 Å². The van der Waals surface area contributed by atoms with E-state index in [2.05, 4.69) is 26.6 Å². The molecule has 11 N–H and O–H groups in total. The lowest BCUT2D eigenvalue weighted by atomic mass is 10.1. The van der Waals surface area contributed by atoms with Crippen LogP contribution in [0.15, 0.2) is 0 Å². The molecule has 5 rings (SSSR count). The Hall–Kier alpha value is -4.97. The van der Waals surface area contributed by atoms with E-state index in [-0.39, 0.29) is 64.2 Å². The van der Waals surface area contributed by atoms with Gasteiger partial charge in [-0.15, -0.1) is 0 Å². The van der Waals surface area contributed by atoms with Crippen molar-refractivity contribution in [3.8, 4) is 0 Å². The maximum absolute atomic E-state index is 13.9. The van der Waals surface area contributed by atoms with Gasteiger partial charge < -0.3 is 72.3 Å². The number of aliphatic hydroxyl groups excluding tert-OH is 3. The molecule has 5 fully saturated rings. The van der Waals surface area contributed by atoms with Crippen molar-refractivity contribution in [3.63, 3.8) is 0 Å². The van der Waals surface area contributed by atoms with Crippen molar-refractivity contribution in [1.82, 2.24) is 46.2 Å². The standard InChI is InChI=1S/C37H58N10O13/c38-8-2-1-5-24(36(59)46-18-21(49)12-27(46)34(57)42-16-31(53)54)43-29(51)14-40-32(55)28-13-22(50)19-47(28)37(60)25-7-4-10-44(25)30(52)15-41-33(56)26-11-20(48)17-45(26)35(58)23-6-3-9-39-23/h20-28,39,48-50H,1-19,38H2,(H,40,55)(H,41,56)(H,42,57)(H,43,51)(H,53,54)/t20-,21-,22-,23+,24+,25+,26+,27+,28+/m1/s1. The van der Waals surface area contributed by atoms with Crippen LogP contribution >= 0.6 is 0 Å². The van der Waals surface area contributed by atoms with Crippen LogP contribution in [0.3, 0.4) is 0 Å². The second kappa shape index (κ2) is 21.0. The lowest BCUT2D eigenvalue weighted by molar-refractivity contribution is -0.147. The van der Waals surface area contributed by atoms with Crippen LogP contribution in [0, 0.1) is 0 Å². The Bertz CT molecular complexity index is 1650. The van der Waals surface area contributed by atoms with Crippen LogP contribution in [0.1, 0.15) is 64.2 Å². The summed E-state index contributed by atoms with van der Waals surface area (Å²) in [6.45, 7) is -1.11. The van der Waals surface area contributed by atoms with Crippen LogP contribution in [0.5, 0.6) is 0 Å². The van der Waals surface area contributed by atoms with Gasteiger partial charge in [0.2, 0.25) is 47.3 Å². The third-order valence-corrected chi connectivity index (χ3v) is 11.6. The van der Waals surface area contributed by atoms with Crippen molar-refractivity contribution in [2.45, 2.75) is 119 Å². The van der Waals surface area contributed by atoms with E-state index in [1.807, 2.05) is 0 Å². The molecule has 0 spiro atoms. The number of aliphatic hydroxyl groups is 3. The van der Waals surface area contributed by atoms with Crippen LogP contribution in [-0.2, 0) is 43.2 Å². The minimum Gasteiger partial charge on any atom is -0.480 e. The summed E-state index contributed by atoms with van der Waals surface area (Å²) >= 11 is 0. The maximum Gasteiger partial charge on any atom is 0.322 e. The van der Waals surface area contributed by atoms with E-state index in [4.69, 9.17) is 10.8 Å². The normalized spacial score (nSPS) is 28.1. The van der Waals surface area contributed by atoms with Gasteiger partial charge in [0.25, 0.3) is 0 Å². The number of rotatable bonds is 17. The van der Waals surface area contributed by atoms with Crippen LogP contribution in [-0.4, -0.2) is 207 Å². The van der Waals surface area contributed by atoms with Crippen molar-refractivity contribution in [3.05, 3.63) is 0 Å². The molecule has 0 bridgehead atoms. The van der Waals surface area contributed by atoms with E-state index >= 15 is 0 Å². The zero-order valence-electron chi connectivity index (χ0n) is 33.5. The Morgan fingerprint density at radius 1 is 0.650 bits per heavy atom. The highest BCUT2D eigenvalue weighted by atomic mass is 16.4. The number of carbonyl (C=O) groups is 9. The highest BCUT2D eigenvalue weighted by Crippen LogP contribution is 2.26. The van der Waals surface area contributed by atoms with Crippen molar-refractivity contribution < 1.29 is 63.6 Å². The van der Waals surface area contributed by atoms with Crippen LogP contribution in [0.25, 0.3) is 0 Å². The number of carboxylic acid groups (broad SMARTS) is 1. The first kappa shape index (κ1) is 46.1. The van der Waals surface area contributed by atoms with Gasteiger partial charge in [0.05, 0.1) is 37.4 Å². The molecule has 0 aromatic carbocycles. The van der Waals surface area contributed by atoms with Crippen molar-refractivity contribution in [2.24, 2.45) is 5.73 Å². The molecule has 8 amide bonds. The fourth-order valence-electron chi connectivity index (χ4n) is 8.67. The van der Waals surface area contributed by atoms with Crippen LogP contribution in [0.2, 0.25) is 0 Å². The summed E-state index contributed by atoms with van der Waals surface area (Å²) in [6.07, 6.45) is -0.213. The predicted molar refractivity (Wildman–Crippen MR) is 206 cm³/mol. The zero-order valence-corrected chi connectivity index (χ0v) is 33.5. The number of nitrogens with zero attached hydrogens (tertiary/aromatic N) is 4. The first-order chi connectivity index (χ1) is 28.6. The number of aliphatic carboxylic acids is 1. The first-order valence-electron chi connectivity index (χ1n) is 20.6. The number of amides is 8. The van der Waals surface area contributed by atoms with Gasteiger partial charge in [0, 0.05) is 45.4 Å². The lowest BCUT2D eigenvalue weighted by Gasteiger charge is -2.31. The number of nitrogens with one attached hydrogen (secondary N) is 5. The Morgan fingerprint density at radius 2 is 1.20 bits per heavy atom. The van der Waals surface area contributed by atoms with Gasteiger partial charge in [-0.25, -0.2) is 0 Å². The van der Waals surface area contributed by atoms with Gasteiger partial charge in [-0.2, -0.15) is 0 Å². The SMILES string of the molecule is NCCCC[C@H](NC(=O)CNC(=O)[C@@H]1C[C@@H](O)CN1C(=O)[C@@H]1CCCN1C(=O)CNC(=O)[C@@H]1C[C@@H](O)CN1C(=O)[C@@H]1CCCN1)C(=O)N1C[C@H](O)C[C@H]1C(=O)NCC(=O)O. The second-order valence-electron chi connectivity index (χ2n) is 16.0. The smallest absolute Gasteiger partial charge is 0.322 e. The summed E-state index contributed by atoms with van der Waals surface area (Å²) in [5.41, 5.74) is 5.61. The Labute approximate surface area is 346 Å². The largest absolute Gasteiger partial charge is 0.480 e. The number of carboxylic acids is 1. The van der Waals surface area contributed by atoms with Gasteiger partial charge in [-0.05, 0) is 58.0 Å². The molecule has 0 unspecified atom stereocenters. The van der Waals surface area contributed by atoms with E-state index in [0.29, 0.717) is 38.8 Å². The summed E-state index contributed by atoms with van der Waals surface area (Å²) in [5.74, 6) is -6.42. The topological polar surface area (TPSA) is 334 Å². The first-order valence-corrected chi connectivity index (χ1v) is 20.6. The van der Waals surface area contributed by atoms with E-state index in [1.54, 1.807) is 0 Å². The third kappa shape index (κ3) is 11.4.